The van der Waals surface area contributed by atoms with Crippen molar-refractivity contribution in [1.29, 1.82) is 0 Å². The van der Waals surface area contributed by atoms with Crippen molar-refractivity contribution >= 4 is 12.0 Å². The van der Waals surface area contributed by atoms with Crippen molar-refractivity contribution in [3.63, 3.8) is 0 Å². The van der Waals surface area contributed by atoms with Crippen LogP contribution in [0.15, 0.2) is 0 Å². The summed E-state index contributed by atoms with van der Waals surface area (Å²) in [6.45, 7) is 6.57. The summed E-state index contributed by atoms with van der Waals surface area (Å²) in [4.78, 5) is 23.9. The van der Waals surface area contributed by atoms with E-state index in [0.717, 1.165) is 0 Å². The van der Waals surface area contributed by atoms with Crippen molar-refractivity contribution in [3.8, 4) is 0 Å². The fraction of sp³-hybridized carbons (Fsp3) is 0.900. The molecule has 0 aromatic heterocycles. The van der Waals surface area contributed by atoms with E-state index in [2.05, 4.69) is 10.6 Å². The van der Waals surface area contributed by atoms with E-state index in [-0.39, 0.29) is 12.5 Å². The highest BCUT2D eigenvalue weighted by Gasteiger charge is 2.46. The number of aliphatic hydroxyl groups is 2. The maximum absolute atomic E-state index is 12.3. The summed E-state index contributed by atoms with van der Waals surface area (Å²) < 4.78 is 21.9. The number of carbonyl (C=O) groups excluding carboxylic acids is 2. The van der Waals surface area contributed by atoms with Crippen molar-refractivity contribution in [3.05, 3.63) is 0 Å². The number of unbranched alkanes of at least 4 members (excludes halogenated alkanes) is 1. The van der Waals surface area contributed by atoms with Crippen molar-refractivity contribution in [2.45, 2.75) is 88.8 Å². The van der Waals surface area contributed by atoms with Gasteiger partial charge in [0.25, 0.3) is 0 Å². The number of alkyl carbamates (subject to hydrolysis) is 1. The smallest absolute Gasteiger partial charge is 0.407 e. The molecule has 3 aliphatic rings. The number of aliphatic hydroxyl groups excluding tert-OH is 2. The lowest BCUT2D eigenvalue weighted by Crippen LogP contribution is -2.61. The molecule has 11 nitrogen and oxygen atoms in total. The first-order valence-corrected chi connectivity index (χ1v) is 10.8. The van der Waals surface area contributed by atoms with E-state index in [0.29, 0.717) is 45.4 Å². The van der Waals surface area contributed by atoms with Gasteiger partial charge in [0.2, 0.25) is 5.91 Å². The van der Waals surface area contributed by atoms with Crippen LogP contribution in [0.2, 0.25) is 0 Å². The van der Waals surface area contributed by atoms with Gasteiger partial charge in [0, 0.05) is 19.7 Å². The Morgan fingerprint density at radius 2 is 1.84 bits per heavy atom. The number of rotatable bonds is 8. The van der Waals surface area contributed by atoms with Gasteiger partial charge >= 0.3 is 6.09 Å². The zero-order valence-electron chi connectivity index (χ0n) is 18.5. The number of nitrogens with one attached hydrogen (secondary N) is 2. The first kappa shape index (κ1) is 25.8. The SMILES string of the molecule is CC(C)(C)OC(=O)NCCCC[C@H](N)C(=O)NCC1OC2OCCCOC1C(O)C2O. The van der Waals surface area contributed by atoms with Gasteiger partial charge in [-0.05, 0) is 46.5 Å². The van der Waals surface area contributed by atoms with Crippen LogP contribution < -0.4 is 16.4 Å². The number of carbonyl (C=O) groups is 2. The minimum atomic E-state index is -1.22. The van der Waals surface area contributed by atoms with Crippen LogP contribution in [0.1, 0.15) is 46.5 Å². The maximum atomic E-state index is 12.3. The Labute approximate surface area is 182 Å². The van der Waals surface area contributed by atoms with Crippen LogP contribution in [0.4, 0.5) is 4.79 Å². The fourth-order valence-electron chi connectivity index (χ4n) is 3.35. The highest BCUT2D eigenvalue weighted by molar-refractivity contribution is 5.81. The number of fused-ring (bicyclic) bond motifs is 6. The normalized spacial score (nSPS) is 29.9. The van der Waals surface area contributed by atoms with E-state index in [1.807, 2.05) is 0 Å². The molecule has 2 bridgehead atoms. The number of hydrogen-bond donors (Lipinski definition) is 5. The Kier molecular flexibility index (Phi) is 9.91. The van der Waals surface area contributed by atoms with E-state index in [9.17, 15) is 19.8 Å². The number of hydrogen-bond acceptors (Lipinski definition) is 9. The van der Waals surface area contributed by atoms with E-state index in [4.69, 9.17) is 24.7 Å². The van der Waals surface area contributed by atoms with Crippen LogP contribution in [-0.4, -0.2) is 90.9 Å². The first-order chi connectivity index (χ1) is 14.6. The van der Waals surface area contributed by atoms with Gasteiger partial charge in [-0.1, -0.05) is 0 Å². The predicted octanol–water partition coefficient (Wildman–Crippen LogP) is -0.623. The molecule has 0 saturated carbocycles. The molecule has 0 aliphatic carbocycles. The molecule has 3 saturated heterocycles. The van der Waals surface area contributed by atoms with E-state index in [1.165, 1.54) is 0 Å². The lowest BCUT2D eigenvalue weighted by Gasteiger charge is -2.41. The Morgan fingerprint density at radius 1 is 1.13 bits per heavy atom. The summed E-state index contributed by atoms with van der Waals surface area (Å²) in [6.07, 6.45) is -2.92. The Balaban J connectivity index is 1.68. The van der Waals surface area contributed by atoms with Crippen molar-refractivity contribution in [2.24, 2.45) is 5.73 Å². The second-order valence-corrected chi connectivity index (χ2v) is 8.86. The van der Waals surface area contributed by atoms with Crippen molar-refractivity contribution in [2.75, 3.05) is 26.3 Å². The molecule has 5 unspecified atom stereocenters. The molecule has 31 heavy (non-hydrogen) atoms. The zero-order chi connectivity index (χ0) is 23.0. The average Bonchev–Trinajstić information content (AvgIpc) is 2.82. The van der Waals surface area contributed by atoms with Crippen LogP contribution in [0, 0.1) is 0 Å². The summed E-state index contributed by atoms with van der Waals surface area (Å²) in [7, 11) is 0. The third kappa shape index (κ3) is 8.51. The predicted molar refractivity (Wildman–Crippen MR) is 110 cm³/mol. The number of ether oxygens (including phenoxy) is 4. The van der Waals surface area contributed by atoms with Gasteiger partial charge in [-0.3, -0.25) is 4.79 Å². The Bertz CT molecular complexity index is 583. The molecule has 3 heterocycles. The first-order valence-electron chi connectivity index (χ1n) is 10.8. The van der Waals surface area contributed by atoms with E-state index < -0.39 is 48.4 Å². The van der Waals surface area contributed by atoms with Gasteiger partial charge < -0.3 is 45.5 Å². The summed E-state index contributed by atoms with van der Waals surface area (Å²) in [5, 5.41) is 25.8. The second kappa shape index (κ2) is 11.9. The molecule has 6 atom stereocenters. The molecule has 0 radical (unpaired) electrons. The van der Waals surface area contributed by atoms with Gasteiger partial charge in [-0.2, -0.15) is 0 Å². The topological polar surface area (TPSA) is 162 Å². The van der Waals surface area contributed by atoms with Crippen LogP contribution in [-0.2, 0) is 23.7 Å². The molecule has 3 fully saturated rings. The Morgan fingerprint density at radius 3 is 2.55 bits per heavy atom. The maximum Gasteiger partial charge on any atom is 0.407 e. The summed E-state index contributed by atoms with van der Waals surface area (Å²) in [5.41, 5.74) is 5.41. The number of nitrogens with two attached hydrogens (primary N) is 1. The van der Waals surface area contributed by atoms with Crippen molar-refractivity contribution in [1.82, 2.24) is 10.6 Å². The standard InChI is InChI=1S/C20H37N3O8/c1-20(2,3)31-19(27)22-8-5-4-7-12(21)17(26)23-11-13-16-14(24)15(25)18(30-13)29-10-6-9-28-16/h12-16,18,24-25H,4-11,21H2,1-3H3,(H,22,27)(H,23,26)/t12-,13?,14?,15?,16?,18?/m0/s1. The van der Waals surface area contributed by atoms with Gasteiger partial charge in [-0.15, -0.1) is 0 Å². The van der Waals surface area contributed by atoms with E-state index >= 15 is 0 Å². The third-order valence-electron chi connectivity index (χ3n) is 4.95. The molecule has 3 rings (SSSR count). The molecule has 0 aromatic carbocycles. The van der Waals surface area contributed by atoms with Gasteiger partial charge in [0.15, 0.2) is 6.29 Å². The van der Waals surface area contributed by atoms with Crippen LogP contribution in [0.5, 0.6) is 0 Å². The summed E-state index contributed by atoms with van der Waals surface area (Å²) in [6, 6.07) is -0.720. The molecule has 180 valence electrons. The minimum Gasteiger partial charge on any atom is -0.444 e. The quantitative estimate of drug-likeness (QED) is 0.305. The zero-order valence-corrected chi connectivity index (χ0v) is 18.5. The molecule has 6 N–H and O–H groups in total. The second-order valence-electron chi connectivity index (χ2n) is 8.86. The van der Waals surface area contributed by atoms with Crippen LogP contribution >= 0.6 is 0 Å². The van der Waals surface area contributed by atoms with Gasteiger partial charge in [0.05, 0.1) is 12.6 Å². The molecule has 3 aliphatic heterocycles. The number of amides is 2. The minimum absolute atomic E-state index is 0.0705. The molecular weight excluding hydrogens is 410 g/mol. The molecule has 0 spiro atoms. The molecule has 0 aromatic rings. The Hall–Kier alpha value is -1.50. The summed E-state index contributed by atoms with van der Waals surface area (Å²) >= 11 is 0. The fourth-order valence-corrected chi connectivity index (χ4v) is 3.35. The third-order valence-corrected chi connectivity index (χ3v) is 4.95. The molecular formula is C20H37N3O8. The van der Waals surface area contributed by atoms with Gasteiger partial charge in [-0.25, -0.2) is 4.79 Å². The highest BCUT2D eigenvalue weighted by Crippen LogP contribution is 2.26. The summed E-state index contributed by atoms with van der Waals surface area (Å²) in [5.74, 6) is -0.351. The lowest BCUT2D eigenvalue weighted by molar-refractivity contribution is -0.292. The van der Waals surface area contributed by atoms with Crippen LogP contribution in [0.3, 0.4) is 0 Å². The molecule has 11 heteroatoms. The largest absolute Gasteiger partial charge is 0.444 e. The van der Waals surface area contributed by atoms with E-state index in [1.54, 1.807) is 20.8 Å². The van der Waals surface area contributed by atoms with Gasteiger partial charge in [0.1, 0.15) is 30.0 Å². The lowest BCUT2D eigenvalue weighted by atomic mass is 9.98. The molecule has 2 amide bonds. The average molecular weight is 448 g/mol. The van der Waals surface area contributed by atoms with Crippen LogP contribution in [0.25, 0.3) is 0 Å². The monoisotopic (exact) mass is 447 g/mol. The highest BCUT2D eigenvalue weighted by atomic mass is 16.7. The van der Waals surface area contributed by atoms with Crippen molar-refractivity contribution < 1.29 is 38.7 Å².